The third-order valence-corrected chi connectivity index (χ3v) is 4.79. The molecule has 1 N–H and O–H groups in total. The van der Waals surface area contributed by atoms with Gasteiger partial charge in [0.1, 0.15) is 18.5 Å². The lowest BCUT2D eigenvalue weighted by molar-refractivity contribution is 0.0308. The Balaban J connectivity index is 1.57. The molecule has 0 amide bonds. The molecule has 5 nitrogen and oxygen atoms in total. The number of aliphatic hydroxyl groups is 1. The minimum absolute atomic E-state index is 0.0333. The van der Waals surface area contributed by atoms with Gasteiger partial charge in [-0.1, -0.05) is 24.3 Å². The summed E-state index contributed by atoms with van der Waals surface area (Å²) in [5, 5.41) is 10.5. The molecule has 0 bridgehead atoms. The van der Waals surface area contributed by atoms with Crippen LogP contribution < -0.4 is 9.47 Å². The zero-order chi connectivity index (χ0) is 19.8. The van der Waals surface area contributed by atoms with E-state index >= 15 is 0 Å². The van der Waals surface area contributed by atoms with Gasteiger partial charge in [-0.3, -0.25) is 4.90 Å². The molecule has 0 spiro atoms. The van der Waals surface area contributed by atoms with Crippen molar-refractivity contribution in [2.75, 3.05) is 33.4 Å². The zero-order valence-corrected chi connectivity index (χ0v) is 16.2. The number of para-hydroxylation sites is 1. The minimum atomic E-state index is -0.737. The van der Waals surface area contributed by atoms with Gasteiger partial charge in [-0.15, -0.1) is 0 Å². The van der Waals surface area contributed by atoms with Gasteiger partial charge >= 0.3 is 0 Å². The number of rotatable bonds is 10. The van der Waals surface area contributed by atoms with Gasteiger partial charge in [-0.25, -0.2) is 4.39 Å². The van der Waals surface area contributed by atoms with E-state index in [1.807, 2.05) is 24.3 Å². The Morgan fingerprint density at radius 3 is 2.68 bits per heavy atom. The summed E-state index contributed by atoms with van der Waals surface area (Å²) < 4.78 is 30.1. The maximum atomic E-state index is 13.7. The van der Waals surface area contributed by atoms with E-state index in [0.717, 1.165) is 37.3 Å². The third kappa shape index (κ3) is 6.19. The predicted molar refractivity (Wildman–Crippen MR) is 105 cm³/mol. The summed E-state index contributed by atoms with van der Waals surface area (Å²) in [6, 6.07) is 14.1. The second kappa shape index (κ2) is 10.4. The van der Waals surface area contributed by atoms with Crippen molar-refractivity contribution in [3.8, 4) is 11.5 Å². The Hall–Kier alpha value is -2.15. The molecule has 0 radical (unpaired) electrons. The number of halogens is 1. The highest BCUT2D eigenvalue weighted by atomic mass is 19.1. The first-order valence-corrected chi connectivity index (χ1v) is 9.66. The van der Waals surface area contributed by atoms with Crippen LogP contribution in [0.5, 0.6) is 11.5 Å². The average molecular weight is 389 g/mol. The number of hydrogen-bond donors (Lipinski definition) is 1. The minimum Gasteiger partial charge on any atom is -0.497 e. The molecule has 0 aliphatic carbocycles. The van der Waals surface area contributed by atoms with Gasteiger partial charge in [0.25, 0.3) is 0 Å². The molecule has 1 fully saturated rings. The fourth-order valence-corrected chi connectivity index (χ4v) is 3.37. The van der Waals surface area contributed by atoms with E-state index in [0.29, 0.717) is 13.1 Å². The summed E-state index contributed by atoms with van der Waals surface area (Å²) in [6.45, 7) is 2.66. The fourth-order valence-electron chi connectivity index (χ4n) is 3.37. The first-order valence-electron chi connectivity index (χ1n) is 9.66. The normalized spacial score (nSPS) is 17.6. The summed E-state index contributed by atoms with van der Waals surface area (Å²) in [5.74, 6) is 0.541. The van der Waals surface area contributed by atoms with Crippen LogP contribution in [-0.4, -0.2) is 55.6 Å². The Kier molecular flexibility index (Phi) is 7.65. The van der Waals surface area contributed by atoms with Crippen molar-refractivity contribution in [3.05, 3.63) is 59.9 Å². The number of nitrogens with zero attached hydrogens (tertiary/aromatic N) is 1. The first-order chi connectivity index (χ1) is 13.6. The summed E-state index contributed by atoms with van der Waals surface area (Å²) in [7, 11) is 1.64. The van der Waals surface area contributed by atoms with E-state index in [-0.39, 0.29) is 18.5 Å². The van der Waals surface area contributed by atoms with Crippen LogP contribution in [0.25, 0.3) is 0 Å². The van der Waals surface area contributed by atoms with Crippen LogP contribution in [0.1, 0.15) is 18.4 Å². The van der Waals surface area contributed by atoms with E-state index in [1.54, 1.807) is 25.3 Å². The predicted octanol–water partition coefficient (Wildman–Crippen LogP) is 3.26. The van der Waals surface area contributed by atoms with Gasteiger partial charge in [0.2, 0.25) is 0 Å². The topological polar surface area (TPSA) is 51.2 Å². The van der Waals surface area contributed by atoms with Crippen LogP contribution in [0, 0.1) is 5.82 Å². The standard InChI is InChI=1S/C22H28FNO4/c1-26-19-10-8-17(9-11-19)13-24(15-20-5-4-12-27-20)14-18(25)16-28-22-7-3-2-6-21(22)23/h2-3,6-11,18,20,25H,4-5,12-16H2,1H3. The van der Waals surface area contributed by atoms with Gasteiger partial charge in [0, 0.05) is 26.2 Å². The molecule has 28 heavy (non-hydrogen) atoms. The van der Waals surface area contributed by atoms with Gasteiger partial charge in [0.15, 0.2) is 11.6 Å². The number of ether oxygens (including phenoxy) is 3. The number of methoxy groups -OCH3 is 1. The zero-order valence-electron chi connectivity index (χ0n) is 16.2. The van der Waals surface area contributed by atoms with E-state index < -0.39 is 11.9 Å². The monoisotopic (exact) mass is 389 g/mol. The van der Waals surface area contributed by atoms with E-state index in [9.17, 15) is 9.50 Å². The molecular weight excluding hydrogens is 361 g/mol. The quantitative estimate of drug-likeness (QED) is 0.676. The molecular formula is C22H28FNO4. The molecule has 6 heteroatoms. The van der Waals surface area contributed by atoms with Crippen molar-refractivity contribution in [3.63, 3.8) is 0 Å². The lowest BCUT2D eigenvalue weighted by Gasteiger charge is -2.27. The molecule has 2 unspecified atom stereocenters. The van der Waals surface area contributed by atoms with Crippen LogP contribution in [0.2, 0.25) is 0 Å². The number of benzene rings is 2. The molecule has 1 aliphatic rings. The molecule has 152 valence electrons. The molecule has 1 heterocycles. The van der Waals surface area contributed by atoms with Crippen molar-refractivity contribution >= 4 is 0 Å². The first kappa shape index (κ1) is 20.6. The number of hydrogen-bond acceptors (Lipinski definition) is 5. The largest absolute Gasteiger partial charge is 0.497 e. The van der Waals surface area contributed by atoms with E-state index in [1.165, 1.54) is 6.07 Å². The van der Waals surface area contributed by atoms with Crippen molar-refractivity contribution in [1.82, 2.24) is 4.90 Å². The SMILES string of the molecule is COc1ccc(CN(CC(O)COc2ccccc2F)CC2CCCO2)cc1. The molecule has 0 saturated carbocycles. The van der Waals surface area contributed by atoms with Crippen molar-refractivity contribution in [2.45, 2.75) is 31.6 Å². The summed E-state index contributed by atoms with van der Waals surface area (Å²) >= 11 is 0. The maximum Gasteiger partial charge on any atom is 0.165 e. The van der Waals surface area contributed by atoms with Crippen LogP contribution >= 0.6 is 0 Å². The van der Waals surface area contributed by atoms with Crippen LogP contribution in [0.3, 0.4) is 0 Å². The second-order valence-electron chi connectivity index (χ2n) is 7.07. The smallest absolute Gasteiger partial charge is 0.165 e. The Morgan fingerprint density at radius 2 is 2.00 bits per heavy atom. The Bertz CT molecular complexity index is 719. The molecule has 2 aromatic rings. The second-order valence-corrected chi connectivity index (χ2v) is 7.07. The van der Waals surface area contributed by atoms with Gasteiger partial charge in [-0.2, -0.15) is 0 Å². The highest BCUT2D eigenvalue weighted by Gasteiger charge is 2.21. The van der Waals surface area contributed by atoms with E-state index in [4.69, 9.17) is 14.2 Å². The average Bonchev–Trinajstić information content (AvgIpc) is 3.21. The lowest BCUT2D eigenvalue weighted by Crippen LogP contribution is -2.39. The van der Waals surface area contributed by atoms with Crippen molar-refractivity contribution in [1.29, 1.82) is 0 Å². The summed E-state index contributed by atoms with van der Waals surface area (Å²) in [5.41, 5.74) is 1.13. The van der Waals surface area contributed by atoms with Crippen LogP contribution in [-0.2, 0) is 11.3 Å². The highest BCUT2D eigenvalue weighted by molar-refractivity contribution is 5.27. The number of aliphatic hydroxyl groups excluding tert-OH is 1. The molecule has 2 atom stereocenters. The van der Waals surface area contributed by atoms with E-state index in [2.05, 4.69) is 4.90 Å². The van der Waals surface area contributed by atoms with Gasteiger partial charge in [0.05, 0.1) is 13.2 Å². The molecule has 2 aromatic carbocycles. The van der Waals surface area contributed by atoms with Gasteiger partial charge in [-0.05, 0) is 42.7 Å². The molecule has 0 aromatic heterocycles. The lowest BCUT2D eigenvalue weighted by atomic mass is 10.1. The summed E-state index contributed by atoms with van der Waals surface area (Å²) in [4.78, 5) is 2.16. The molecule has 1 aliphatic heterocycles. The van der Waals surface area contributed by atoms with Crippen LogP contribution in [0.4, 0.5) is 4.39 Å². The summed E-state index contributed by atoms with van der Waals surface area (Å²) in [6.07, 6.45) is 1.54. The maximum absolute atomic E-state index is 13.7. The molecule has 3 rings (SSSR count). The molecule has 1 saturated heterocycles. The fraction of sp³-hybridized carbons (Fsp3) is 0.455. The van der Waals surface area contributed by atoms with Crippen molar-refractivity contribution < 1.29 is 23.7 Å². The Morgan fingerprint density at radius 1 is 1.21 bits per heavy atom. The Labute approximate surface area is 165 Å². The van der Waals surface area contributed by atoms with Crippen LogP contribution in [0.15, 0.2) is 48.5 Å². The van der Waals surface area contributed by atoms with Crippen molar-refractivity contribution in [2.24, 2.45) is 0 Å². The van der Waals surface area contributed by atoms with Gasteiger partial charge < -0.3 is 19.3 Å². The highest BCUT2D eigenvalue weighted by Crippen LogP contribution is 2.18. The third-order valence-electron chi connectivity index (χ3n) is 4.79.